The van der Waals surface area contributed by atoms with Crippen molar-refractivity contribution in [1.82, 2.24) is 0 Å². The van der Waals surface area contributed by atoms with Gasteiger partial charge < -0.3 is 13.7 Å². The number of fused-ring (bicyclic) bond motifs is 2. The zero-order chi connectivity index (χ0) is 27.2. The van der Waals surface area contributed by atoms with Crippen LogP contribution in [-0.4, -0.2) is 22.4 Å². The number of nitrogens with zero attached hydrogens (tertiary/aromatic N) is 3. The fourth-order valence-electron chi connectivity index (χ4n) is 7.14. The summed E-state index contributed by atoms with van der Waals surface area (Å²) in [6.45, 7) is 0. The third-order valence-electron chi connectivity index (χ3n) is 8.57. The summed E-state index contributed by atoms with van der Waals surface area (Å²) < 4.78 is 8.46. The fraction of sp³-hybridized carbons (Fsp3) is 0.0556. The molecular weight excluding hydrogens is 531 g/mol. The molecule has 197 valence electrons. The lowest BCUT2D eigenvalue weighted by molar-refractivity contribution is 0.819. The molecule has 2 unspecified atom stereocenters. The number of rotatable bonds is 4. The van der Waals surface area contributed by atoms with Gasteiger partial charge >= 0.3 is 8.08 Å². The number of anilines is 5. The van der Waals surface area contributed by atoms with Gasteiger partial charge in [0.25, 0.3) is 0 Å². The van der Waals surface area contributed by atoms with Gasteiger partial charge in [0.1, 0.15) is 0 Å². The van der Waals surface area contributed by atoms with Crippen LogP contribution in [0.4, 0.5) is 28.4 Å². The molecule has 1 radical (unpaired) electrons. The van der Waals surface area contributed by atoms with E-state index >= 15 is 0 Å². The maximum Gasteiger partial charge on any atom is 0.369 e. The molecule has 8 rings (SSSR count). The lowest BCUT2D eigenvalue weighted by atomic mass is 10.1. The first-order valence-corrected chi connectivity index (χ1v) is 18.7. The molecule has 0 N–H and O–H groups in total. The van der Waals surface area contributed by atoms with Gasteiger partial charge in [-0.2, -0.15) is 0 Å². The third kappa shape index (κ3) is 3.56. The molecule has 0 saturated carbocycles. The van der Waals surface area contributed by atoms with E-state index in [4.69, 9.17) is 0 Å². The summed E-state index contributed by atoms with van der Waals surface area (Å²) in [6.07, 6.45) is 9.52. The van der Waals surface area contributed by atoms with E-state index in [0.717, 1.165) is 0 Å². The van der Waals surface area contributed by atoms with Crippen molar-refractivity contribution in [3.63, 3.8) is 0 Å². The van der Waals surface area contributed by atoms with E-state index in [9.17, 15) is 0 Å². The molecule has 2 heterocycles. The van der Waals surface area contributed by atoms with Gasteiger partial charge in [0.05, 0.1) is 11.4 Å². The van der Waals surface area contributed by atoms with Crippen LogP contribution in [-0.2, 0) is 0 Å². The van der Waals surface area contributed by atoms with Gasteiger partial charge in [0.15, 0.2) is 8.31 Å². The smallest absolute Gasteiger partial charge is 0.360 e. The summed E-state index contributed by atoms with van der Waals surface area (Å²) in [7, 11) is -4.18. The van der Waals surface area contributed by atoms with Crippen LogP contribution in [0.5, 0.6) is 0 Å². The second-order valence-corrected chi connectivity index (χ2v) is 19.1. The van der Waals surface area contributed by atoms with Crippen LogP contribution in [0.25, 0.3) is 0 Å². The molecule has 1 fully saturated rings. The summed E-state index contributed by atoms with van der Waals surface area (Å²) in [5.41, 5.74) is 6.80. The zero-order valence-corrected chi connectivity index (χ0v) is 24.7. The van der Waals surface area contributed by atoms with Gasteiger partial charge in [-0.25, -0.2) is 0 Å². The molecule has 41 heavy (non-hydrogen) atoms. The molecule has 0 aromatic heterocycles. The van der Waals surface area contributed by atoms with E-state index in [-0.39, 0.29) is 6.04 Å². The monoisotopic (exact) mass is 560 g/mol. The van der Waals surface area contributed by atoms with Crippen molar-refractivity contribution in [3.05, 3.63) is 170 Å². The van der Waals surface area contributed by atoms with Gasteiger partial charge in [0, 0.05) is 28.6 Å². The Morgan fingerprint density at radius 3 is 1.44 bits per heavy atom. The summed E-state index contributed by atoms with van der Waals surface area (Å²) in [5.74, 6) is 0. The average Bonchev–Trinajstić information content (AvgIpc) is 3.51. The Labute approximate surface area is 244 Å². The summed E-state index contributed by atoms with van der Waals surface area (Å²) in [5, 5.41) is 1.49. The molecule has 1 saturated heterocycles. The van der Waals surface area contributed by atoms with Crippen molar-refractivity contribution >= 4 is 50.0 Å². The van der Waals surface area contributed by atoms with E-state index in [1.165, 1.54) is 33.6 Å². The van der Waals surface area contributed by atoms with E-state index in [0.29, 0.717) is 5.54 Å². The van der Waals surface area contributed by atoms with Crippen molar-refractivity contribution in [1.29, 1.82) is 0 Å². The van der Waals surface area contributed by atoms with Crippen molar-refractivity contribution in [3.8, 4) is 0 Å². The lowest BCUT2D eigenvalue weighted by Crippen LogP contribution is -2.79. The first kappa shape index (κ1) is 24.2. The SMILES string of the molecule is C1=CC2C(C=C1)[Si](c1ccccc1)[Si]1(N(c3ccccc3)c3ccccc3N1c1ccccc1)N2c1ccccc1. The van der Waals surface area contributed by atoms with Crippen LogP contribution in [0, 0.1) is 0 Å². The normalized spacial score (nSPS) is 20.4. The largest absolute Gasteiger partial charge is 0.369 e. The van der Waals surface area contributed by atoms with Gasteiger partial charge in [0.2, 0.25) is 0 Å². The van der Waals surface area contributed by atoms with E-state index in [1.807, 2.05) is 0 Å². The van der Waals surface area contributed by atoms with Crippen LogP contribution in [0.2, 0.25) is 5.54 Å². The molecule has 1 aliphatic carbocycles. The third-order valence-corrected chi connectivity index (χ3v) is 21.0. The molecular formula is C36H30N3Si2. The molecule has 5 aromatic carbocycles. The maximum atomic E-state index is 2.87. The Kier molecular flexibility index (Phi) is 5.79. The minimum absolute atomic E-state index is 0.259. The highest BCUT2D eigenvalue weighted by Gasteiger charge is 2.72. The van der Waals surface area contributed by atoms with Gasteiger partial charge in [-0.05, 0) is 48.5 Å². The number of para-hydroxylation sites is 5. The quantitative estimate of drug-likeness (QED) is 0.208. The van der Waals surface area contributed by atoms with Crippen molar-refractivity contribution in [2.45, 2.75) is 11.6 Å². The number of hydrogen-bond acceptors (Lipinski definition) is 3. The van der Waals surface area contributed by atoms with Gasteiger partial charge in [-0.3, -0.25) is 0 Å². The Morgan fingerprint density at radius 1 is 0.463 bits per heavy atom. The number of hydrogen-bond donors (Lipinski definition) is 0. The predicted octanol–water partition coefficient (Wildman–Crippen LogP) is 7.78. The Morgan fingerprint density at radius 2 is 0.902 bits per heavy atom. The molecule has 5 heteroatoms. The van der Waals surface area contributed by atoms with E-state index in [2.05, 4.69) is 184 Å². The van der Waals surface area contributed by atoms with E-state index in [1.54, 1.807) is 0 Å². The first-order valence-electron chi connectivity index (χ1n) is 14.3. The summed E-state index contributed by atoms with van der Waals surface area (Å²) in [4.78, 5) is 0. The van der Waals surface area contributed by atoms with Crippen LogP contribution in [0.15, 0.2) is 170 Å². The van der Waals surface area contributed by atoms with Crippen LogP contribution < -0.4 is 18.9 Å². The molecule has 0 bridgehead atoms. The molecule has 2 aliphatic heterocycles. The molecule has 2 atom stereocenters. The standard InChI is InChI=1S/C36H30N3Si2/c1-5-17-29(18-6-1)37-33-25-13-14-26-34(33)38(30-19-7-2-8-20-30)41(37)39(31-21-9-3-10-22-31)35-27-15-16-28-36(35)40(41)32-23-11-4-12-24-32/h1-28,35-36H. The molecule has 1 spiro atoms. The lowest BCUT2D eigenvalue weighted by Gasteiger charge is -2.50. The van der Waals surface area contributed by atoms with Crippen molar-refractivity contribution in [2.75, 3.05) is 13.7 Å². The Bertz CT molecular complexity index is 1590. The summed E-state index contributed by atoms with van der Waals surface area (Å²) in [6, 6.07) is 54.2. The second-order valence-electron chi connectivity index (χ2n) is 10.7. The highest BCUT2D eigenvalue weighted by atomic mass is 29.2. The Hall–Kier alpha value is -4.59. The van der Waals surface area contributed by atoms with Crippen LogP contribution in [0.3, 0.4) is 0 Å². The molecule has 3 nitrogen and oxygen atoms in total. The summed E-state index contributed by atoms with van der Waals surface area (Å²) >= 11 is 0. The molecule has 0 amide bonds. The highest BCUT2D eigenvalue weighted by molar-refractivity contribution is 7.44. The fourth-order valence-corrected chi connectivity index (χ4v) is 22.9. The molecule has 3 aliphatic rings. The highest BCUT2D eigenvalue weighted by Crippen LogP contribution is 2.58. The van der Waals surface area contributed by atoms with Crippen LogP contribution in [0.1, 0.15) is 0 Å². The van der Waals surface area contributed by atoms with Gasteiger partial charge in [-0.1, -0.05) is 127 Å². The van der Waals surface area contributed by atoms with Crippen LogP contribution >= 0.6 is 0 Å². The minimum atomic E-state index is -2.88. The first-order chi connectivity index (χ1) is 20.4. The van der Waals surface area contributed by atoms with Crippen molar-refractivity contribution in [2.24, 2.45) is 0 Å². The van der Waals surface area contributed by atoms with Crippen molar-refractivity contribution < 1.29 is 0 Å². The number of allylic oxidation sites excluding steroid dienone is 2. The van der Waals surface area contributed by atoms with Gasteiger partial charge in [-0.15, -0.1) is 0 Å². The zero-order valence-electron chi connectivity index (χ0n) is 22.7. The number of benzene rings is 5. The minimum Gasteiger partial charge on any atom is -0.360 e. The molecule has 5 aromatic rings. The predicted molar refractivity (Wildman–Crippen MR) is 176 cm³/mol. The topological polar surface area (TPSA) is 9.72 Å². The van der Waals surface area contributed by atoms with E-state index < -0.39 is 16.4 Å². The second kappa shape index (κ2) is 9.80. The average molecular weight is 561 g/mol. The maximum absolute atomic E-state index is 2.88. The Balaban J connectivity index is 1.54.